The van der Waals surface area contributed by atoms with Crippen molar-refractivity contribution in [3.8, 4) is 0 Å². The van der Waals surface area contributed by atoms with Crippen LogP contribution < -0.4 is 0 Å². The van der Waals surface area contributed by atoms with Crippen LogP contribution in [0.25, 0.3) is 0 Å². The first-order valence-corrected chi connectivity index (χ1v) is 16.1. The van der Waals surface area contributed by atoms with Gasteiger partial charge in [-0.25, -0.2) is 0 Å². The summed E-state index contributed by atoms with van der Waals surface area (Å²) in [6.45, 7) is 16.6. The number of aliphatic hydroxyl groups is 1. The number of rotatable bonds is 4. The molecule has 40 heavy (non-hydrogen) atoms. The number of Topliss-reactive ketones (excluding diaryl/α,β-unsaturated/α-hetero) is 2. The topological polar surface area (TPSA) is 72.2 Å². The smallest absolute Gasteiger partial charge is 0.160 e. The van der Waals surface area contributed by atoms with Gasteiger partial charge in [0.15, 0.2) is 5.78 Å². The number of carbonyl (C=O) groups excluding carboxylic acids is 2. The maximum atomic E-state index is 14.3. The van der Waals surface area contributed by atoms with Crippen molar-refractivity contribution in [2.75, 3.05) is 0 Å². The van der Waals surface area contributed by atoms with Crippen LogP contribution in [0.1, 0.15) is 112 Å². The van der Waals surface area contributed by atoms with Gasteiger partial charge in [-0.3, -0.25) is 14.3 Å². The summed E-state index contributed by atoms with van der Waals surface area (Å²) < 4.78 is 1.76. The molecule has 6 rings (SSSR count). The van der Waals surface area contributed by atoms with E-state index in [-0.39, 0.29) is 51.2 Å². The summed E-state index contributed by atoms with van der Waals surface area (Å²) in [5, 5.41) is 15.3. The van der Waals surface area contributed by atoms with Gasteiger partial charge in [0.1, 0.15) is 5.78 Å². The largest absolute Gasteiger partial charge is 0.393 e. The SMILES string of the molecule is CC(C)C1=C2[C@H]3CC[C@@H]4[C@@]5(C)CC[C@H](O)C(C)(C)[C@@H]5CC[C@@]4(C)[C@]3(C)CC[C@@]2(C(=O)Cc2cnn(C)c2)CC1=O. The molecule has 0 aromatic carbocycles. The second-order valence-electron chi connectivity index (χ2n) is 16.3. The van der Waals surface area contributed by atoms with Gasteiger partial charge in [0.05, 0.1) is 17.7 Å². The van der Waals surface area contributed by atoms with E-state index < -0.39 is 5.41 Å². The van der Waals surface area contributed by atoms with Crippen LogP contribution in [0.2, 0.25) is 0 Å². The average molecular weight is 549 g/mol. The van der Waals surface area contributed by atoms with Crippen LogP contribution in [-0.4, -0.2) is 32.6 Å². The molecule has 1 heterocycles. The molecule has 1 N–H and O–H groups in total. The number of aromatic nitrogens is 2. The highest BCUT2D eigenvalue weighted by molar-refractivity contribution is 6.07. The van der Waals surface area contributed by atoms with Gasteiger partial charge in [-0.15, -0.1) is 0 Å². The highest BCUT2D eigenvalue weighted by Crippen LogP contribution is 2.76. The lowest BCUT2D eigenvalue weighted by atomic mass is 9.33. The quantitative estimate of drug-likeness (QED) is 0.445. The Bertz CT molecular complexity index is 1270. The van der Waals surface area contributed by atoms with Crippen molar-refractivity contribution in [2.45, 2.75) is 119 Å². The van der Waals surface area contributed by atoms with E-state index in [0.717, 1.165) is 56.1 Å². The van der Waals surface area contributed by atoms with Gasteiger partial charge >= 0.3 is 0 Å². The van der Waals surface area contributed by atoms with Crippen molar-refractivity contribution >= 4 is 11.6 Å². The lowest BCUT2D eigenvalue weighted by molar-refractivity contribution is -0.228. The van der Waals surface area contributed by atoms with Crippen molar-refractivity contribution in [2.24, 2.45) is 57.8 Å². The van der Waals surface area contributed by atoms with E-state index in [4.69, 9.17) is 0 Å². The van der Waals surface area contributed by atoms with Crippen LogP contribution in [0.4, 0.5) is 0 Å². The number of aryl methyl sites for hydroxylation is 1. The second-order valence-corrected chi connectivity index (χ2v) is 16.3. The minimum absolute atomic E-state index is 0.0578. The summed E-state index contributed by atoms with van der Waals surface area (Å²) in [6.07, 6.45) is 12.6. The fourth-order valence-corrected chi connectivity index (χ4v) is 11.9. The summed E-state index contributed by atoms with van der Waals surface area (Å²) in [6, 6.07) is 0. The van der Waals surface area contributed by atoms with E-state index >= 15 is 0 Å². The van der Waals surface area contributed by atoms with Crippen molar-refractivity contribution in [1.82, 2.24) is 9.78 Å². The molecule has 5 nitrogen and oxygen atoms in total. The van der Waals surface area contributed by atoms with Crippen LogP contribution in [0.15, 0.2) is 23.5 Å². The Kier molecular flexibility index (Phi) is 6.30. The van der Waals surface area contributed by atoms with E-state index in [1.165, 1.54) is 12.0 Å². The Labute approximate surface area is 241 Å². The van der Waals surface area contributed by atoms with E-state index in [9.17, 15) is 14.7 Å². The number of allylic oxidation sites excluding steroid dienone is 2. The molecule has 0 aliphatic heterocycles. The number of nitrogens with zero attached hydrogens (tertiary/aromatic N) is 2. The Morgan fingerprint density at radius 3 is 2.38 bits per heavy atom. The fraction of sp³-hybridized carbons (Fsp3) is 0.800. The molecule has 8 atom stereocenters. The molecule has 220 valence electrons. The predicted molar refractivity (Wildman–Crippen MR) is 157 cm³/mol. The fourth-order valence-electron chi connectivity index (χ4n) is 11.9. The molecular weight excluding hydrogens is 496 g/mol. The van der Waals surface area contributed by atoms with Gasteiger partial charge in [-0.2, -0.15) is 5.10 Å². The molecule has 0 bridgehead atoms. The minimum Gasteiger partial charge on any atom is -0.393 e. The first-order valence-electron chi connectivity index (χ1n) is 16.1. The minimum atomic E-state index is -0.641. The number of ketones is 2. The molecule has 4 fully saturated rings. The van der Waals surface area contributed by atoms with Gasteiger partial charge < -0.3 is 5.11 Å². The highest BCUT2D eigenvalue weighted by atomic mass is 16.3. The van der Waals surface area contributed by atoms with E-state index in [1.807, 2.05) is 13.2 Å². The van der Waals surface area contributed by atoms with E-state index in [0.29, 0.717) is 24.7 Å². The van der Waals surface area contributed by atoms with E-state index in [2.05, 4.69) is 53.6 Å². The number of hydrogen-bond acceptors (Lipinski definition) is 4. The molecular formula is C35H52N2O3. The van der Waals surface area contributed by atoms with Crippen molar-refractivity contribution in [3.63, 3.8) is 0 Å². The van der Waals surface area contributed by atoms with Gasteiger partial charge in [-0.05, 0) is 113 Å². The number of carbonyl (C=O) groups is 2. The van der Waals surface area contributed by atoms with Crippen LogP contribution in [0.3, 0.4) is 0 Å². The van der Waals surface area contributed by atoms with Gasteiger partial charge in [0, 0.05) is 26.1 Å². The Morgan fingerprint density at radius 1 is 1.00 bits per heavy atom. The number of fused-ring (bicyclic) bond motifs is 7. The molecule has 5 aliphatic rings. The third-order valence-corrected chi connectivity index (χ3v) is 14.1. The summed E-state index contributed by atoms with van der Waals surface area (Å²) in [4.78, 5) is 28.1. The molecule has 5 heteroatoms. The van der Waals surface area contributed by atoms with Crippen molar-refractivity contribution in [1.29, 1.82) is 0 Å². The molecule has 4 saturated carbocycles. The molecule has 0 saturated heterocycles. The lowest BCUT2D eigenvalue weighted by Crippen LogP contribution is -2.65. The Morgan fingerprint density at radius 2 is 1.73 bits per heavy atom. The molecule has 0 unspecified atom stereocenters. The third kappa shape index (κ3) is 3.51. The van der Waals surface area contributed by atoms with Crippen LogP contribution in [-0.2, 0) is 23.1 Å². The van der Waals surface area contributed by atoms with Crippen molar-refractivity contribution < 1.29 is 14.7 Å². The standard InChI is InChI=1S/C35H52N2O3/c1-21(2)29-24(38)18-35(28(40)17-22-19-36-37(8)20-22)16-15-33(6)23(30(29)35)9-10-26-32(5)13-12-27(39)31(3,4)25(32)11-14-34(26,33)7/h19-21,23,25-27,39H,9-18H2,1-8H3/t23-,25+,26-,27+,32+,33-,34-,35+/m1/s1. The lowest BCUT2D eigenvalue weighted by Gasteiger charge is -2.72. The van der Waals surface area contributed by atoms with Crippen LogP contribution >= 0.6 is 0 Å². The summed E-state index contributed by atoms with van der Waals surface area (Å²) in [7, 11) is 1.89. The highest BCUT2D eigenvalue weighted by Gasteiger charge is 2.70. The number of hydrogen-bond donors (Lipinski definition) is 1. The normalized spacial score (nSPS) is 44.2. The van der Waals surface area contributed by atoms with Crippen molar-refractivity contribution in [3.05, 3.63) is 29.1 Å². The second kappa shape index (κ2) is 8.88. The monoisotopic (exact) mass is 548 g/mol. The molecule has 0 amide bonds. The van der Waals surface area contributed by atoms with Crippen LogP contribution in [0, 0.1) is 50.7 Å². The van der Waals surface area contributed by atoms with Crippen LogP contribution in [0.5, 0.6) is 0 Å². The first-order chi connectivity index (χ1) is 18.6. The Balaban J connectivity index is 1.42. The molecule has 5 aliphatic carbocycles. The molecule has 1 aromatic rings. The van der Waals surface area contributed by atoms with E-state index in [1.54, 1.807) is 10.9 Å². The maximum Gasteiger partial charge on any atom is 0.160 e. The van der Waals surface area contributed by atoms with Gasteiger partial charge in [0.2, 0.25) is 0 Å². The van der Waals surface area contributed by atoms with Gasteiger partial charge in [-0.1, -0.05) is 48.5 Å². The zero-order chi connectivity index (χ0) is 29.0. The number of aliphatic hydroxyl groups excluding tert-OH is 1. The molecule has 1 aromatic heterocycles. The molecule has 0 spiro atoms. The first kappa shape index (κ1) is 28.4. The molecule has 0 radical (unpaired) electrons. The summed E-state index contributed by atoms with van der Waals surface area (Å²) in [5.41, 5.74) is 2.91. The zero-order valence-corrected chi connectivity index (χ0v) is 26.3. The summed E-state index contributed by atoms with van der Waals surface area (Å²) in [5.74, 6) is 2.01. The summed E-state index contributed by atoms with van der Waals surface area (Å²) >= 11 is 0. The maximum absolute atomic E-state index is 14.3. The zero-order valence-electron chi connectivity index (χ0n) is 26.3. The third-order valence-electron chi connectivity index (χ3n) is 14.1. The predicted octanol–water partition coefficient (Wildman–Crippen LogP) is 6.87. The van der Waals surface area contributed by atoms with Gasteiger partial charge in [0.25, 0.3) is 0 Å². The average Bonchev–Trinajstić information content (AvgIpc) is 3.42. The Hall–Kier alpha value is -1.75.